The number of carboxylic acids is 2. The molecule has 160 valence electrons. The Morgan fingerprint density at radius 3 is 2.16 bits per heavy atom. The average molecular weight is 422 g/mol. The summed E-state index contributed by atoms with van der Waals surface area (Å²) < 4.78 is 5.73. The molecule has 0 atom stereocenters. The largest absolute Gasteiger partial charge is 0.478 e. The van der Waals surface area contributed by atoms with Crippen LogP contribution in [0.3, 0.4) is 0 Å². The molecule has 3 aromatic rings. The van der Waals surface area contributed by atoms with Crippen LogP contribution in [-0.4, -0.2) is 33.0 Å². The normalized spacial score (nSPS) is 10.8. The van der Waals surface area contributed by atoms with Crippen molar-refractivity contribution in [1.29, 1.82) is 0 Å². The Morgan fingerprint density at radius 1 is 1.00 bits per heavy atom. The Labute approximate surface area is 178 Å². The molecule has 0 aliphatic rings. The number of hydrogen-bond acceptors (Lipinski definition) is 5. The molecule has 0 bridgehead atoms. The maximum Gasteiger partial charge on any atom is 0.335 e. The molecule has 0 radical (unpaired) electrons. The van der Waals surface area contributed by atoms with Gasteiger partial charge in [0.25, 0.3) is 0 Å². The van der Waals surface area contributed by atoms with Gasteiger partial charge < -0.3 is 19.9 Å². The second kappa shape index (κ2) is 9.25. The molecule has 1 heterocycles. The van der Waals surface area contributed by atoms with Crippen LogP contribution in [0.1, 0.15) is 58.4 Å². The van der Waals surface area contributed by atoms with Gasteiger partial charge in [-0.05, 0) is 29.7 Å². The van der Waals surface area contributed by atoms with Gasteiger partial charge in [-0.2, -0.15) is 0 Å². The number of hydrogen-bond donors (Lipinski definition) is 3. The molecule has 0 spiro atoms. The van der Waals surface area contributed by atoms with Crippen molar-refractivity contribution in [3.8, 4) is 11.3 Å². The summed E-state index contributed by atoms with van der Waals surface area (Å²) in [5.41, 5.74) is 1.75. The summed E-state index contributed by atoms with van der Waals surface area (Å²) in [6.45, 7) is 4.24. The van der Waals surface area contributed by atoms with Crippen molar-refractivity contribution in [2.75, 3.05) is 5.32 Å². The van der Waals surface area contributed by atoms with Crippen LogP contribution < -0.4 is 5.32 Å². The Hall–Kier alpha value is -3.94. The molecule has 0 unspecified atom stereocenters. The van der Waals surface area contributed by atoms with Crippen molar-refractivity contribution in [2.24, 2.45) is 0 Å². The molecule has 31 heavy (non-hydrogen) atoms. The Kier molecular flexibility index (Phi) is 6.49. The van der Waals surface area contributed by atoms with E-state index in [4.69, 9.17) is 14.6 Å². The summed E-state index contributed by atoms with van der Waals surface area (Å²) >= 11 is 0. The fraction of sp³-hybridized carbons (Fsp3) is 0.217. The molecule has 0 saturated carbocycles. The predicted octanol–water partition coefficient (Wildman–Crippen LogP) is 4.43. The molecule has 0 aliphatic heterocycles. The second-order valence-electron chi connectivity index (χ2n) is 7.35. The maximum atomic E-state index is 12.3. The topological polar surface area (TPSA) is 130 Å². The van der Waals surface area contributed by atoms with E-state index in [0.29, 0.717) is 17.6 Å². The number of aryl methyl sites for hydroxylation is 1. The molecule has 1 aromatic heterocycles. The lowest BCUT2D eigenvalue weighted by atomic mass is 10.0. The van der Waals surface area contributed by atoms with Crippen molar-refractivity contribution in [3.63, 3.8) is 0 Å². The van der Waals surface area contributed by atoms with Gasteiger partial charge in [-0.1, -0.05) is 38.1 Å². The Balaban J connectivity index is 1.63. The van der Waals surface area contributed by atoms with Gasteiger partial charge in [0.15, 0.2) is 11.7 Å². The van der Waals surface area contributed by atoms with Gasteiger partial charge in [-0.15, -0.1) is 0 Å². The number of carboxylic acid groups (broad SMARTS) is 2. The average Bonchev–Trinajstić information content (AvgIpc) is 3.21. The minimum absolute atomic E-state index is 0.0337. The molecule has 8 heteroatoms. The Morgan fingerprint density at radius 2 is 1.61 bits per heavy atom. The number of rotatable bonds is 8. The highest BCUT2D eigenvalue weighted by Gasteiger charge is 2.14. The number of benzene rings is 2. The molecule has 3 rings (SSSR count). The van der Waals surface area contributed by atoms with E-state index < -0.39 is 17.8 Å². The number of aromatic nitrogens is 1. The van der Waals surface area contributed by atoms with E-state index in [-0.39, 0.29) is 29.7 Å². The summed E-state index contributed by atoms with van der Waals surface area (Å²) in [6.07, 6.45) is 1.87. The summed E-state index contributed by atoms with van der Waals surface area (Å²) in [4.78, 5) is 38.8. The van der Waals surface area contributed by atoms with Gasteiger partial charge in [0.05, 0.1) is 17.3 Å². The first kappa shape index (κ1) is 21.8. The zero-order valence-corrected chi connectivity index (χ0v) is 17.1. The number of amides is 1. The molecule has 0 saturated heterocycles. The SMILES string of the molecule is CC(C)c1ccc(-c2cnc(CCC(=O)Nc3cc(C(=O)O)cc(C(=O)O)c3)o2)cc1. The third-order valence-electron chi connectivity index (χ3n) is 4.69. The number of carbonyl (C=O) groups excluding carboxylic acids is 1. The number of oxazole rings is 1. The highest BCUT2D eigenvalue weighted by Crippen LogP contribution is 2.24. The fourth-order valence-electron chi connectivity index (χ4n) is 2.98. The van der Waals surface area contributed by atoms with Gasteiger partial charge in [-0.25, -0.2) is 14.6 Å². The van der Waals surface area contributed by atoms with E-state index in [9.17, 15) is 14.4 Å². The zero-order valence-electron chi connectivity index (χ0n) is 17.1. The van der Waals surface area contributed by atoms with E-state index >= 15 is 0 Å². The third kappa shape index (κ3) is 5.57. The predicted molar refractivity (Wildman–Crippen MR) is 113 cm³/mol. The minimum Gasteiger partial charge on any atom is -0.478 e. The van der Waals surface area contributed by atoms with Gasteiger partial charge >= 0.3 is 11.9 Å². The highest BCUT2D eigenvalue weighted by molar-refractivity contribution is 5.98. The monoisotopic (exact) mass is 422 g/mol. The van der Waals surface area contributed by atoms with Crippen LogP contribution in [0.2, 0.25) is 0 Å². The molecular weight excluding hydrogens is 400 g/mol. The van der Waals surface area contributed by atoms with Crippen LogP contribution in [0.15, 0.2) is 53.1 Å². The van der Waals surface area contributed by atoms with Crippen LogP contribution in [0.4, 0.5) is 5.69 Å². The first-order chi connectivity index (χ1) is 14.7. The molecule has 2 aromatic carbocycles. The first-order valence-electron chi connectivity index (χ1n) is 9.69. The number of aromatic carboxylic acids is 2. The quantitative estimate of drug-likeness (QED) is 0.489. The van der Waals surface area contributed by atoms with E-state index in [2.05, 4.69) is 24.1 Å². The standard InChI is InChI=1S/C23H22N2O6/c1-13(2)14-3-5-15(6-4-14)19-12-24-21(31-19)8-7-20(26)25-18-10-16(22(27)28)9-17(11-18)23(29)30/h3-6,9-13H,7-8H2,1-2H3,(H,25,26)(H,27,28)(H,29,30). The zero-order chi connectivity index (χ0) is 22.5. The van der Waals surface area contributed by atoms with Crippen molar-refractivity contribution in [1.82, 2.24) is 4.98 Å². The van der Waals surface area contributed by atoms with Crippen molar-refractivity contribution in [3.05, 3.63) is 71.2 Å². The molecular formula is C23H22N2O6. The summed E-state index contributed by atoms with van der Waals surface area (Å²) in [6, 6.07) is 11.4. The van der Waals surface area contributed by atoms with Gasteiger partial charge in [0.2, 0.25) is 5.91 Å². The van der Waals surface area contributed by atoms with Crippen LogP contribution in [0, 0.1) is 0 Å². The molecule has 3 N–H and O–H groups in total. The molecule has 1 amide bonds. The Bertz CT molecular complexity index is 1080. The summed E-state index contributed by atoms with van der Waals surface area (Å²) in [7, 11) is 0. The fourth-order valence-corrected chi connectivity index (χ4v) is 2.98. The van der Waals surface area contributed by atoms with Crippen LogP contribution in [0.5, 0.6) is 0 Å². The van der Waals surface area contributed by atoms with E-state index in [0.717, 1.165) is 11.6 Å². The summed E-state index contributed by atoms with van der Waals surface area (Å²) in [5.74, 6) is -1.56. The molecule has 8 nitrogen and oxygen atoms in total. The maximum absolute atomic E-state index is 12.3. The lowest BCUT2D eigenvalue weighted by molar-refractivity contribution is -0.116. The lowest BCUT2D eigenvalue weighted by Crippen LogP contribution is -2.14. The smallest absolute Gasteiger partial charge is 0.335 e. The van der Waals surface area contributed by atoms with Crippen LogP contribution in [0.25, 0.3) is 11.3 Å². The van der Waals surface area contributed by atoms with E-state index in [1.54, 1.807) is 6.20 Å². The highest BCUT2D eigenvalue weighted by atomic mass is 16.4. The van der Waals surface area contributed by atoms with Crippen molar-refractivity contribution in [2.45, 2.75) is 32.6 Å². The van der Waals surface area contributed by atoms with Crippen molar-refractivity contribution >= 4 is 23.5 Å². The van der Waals surface area contributed by atoms with Crippen LogP contribution in [-0.2, 0) is 11.2 Å². The van der Waals surface area contributed by atoms with E-state index in [1.807, 2.05) is 24.3 Å². The number of carbonyl (C=O) groups is 3. The van der Waals surface area contributed by atoms with Crippen LogP contribution >= 0.6 is 0 Å². The number of nitrogens with one attached hydrogen (secondary N) is 1. The minimum atomic E-state index is -1.28. The van der Waals surface area contributed by atoms with E-state index in [1.165, 1.54) is 17.7 Å². The van der Waals surface area contributed by atoms with Gasteiger partial charge in [0, 0.05) is 24.1 Å². The number of nitrogens with zero attached hydrogens (tertiary/aromatic N) is 1. The third-order valence-corrected chi connectivity index (χ3v) is 4.69. The van der Waals surface area contributed by atoms with Gasteiger partial charge in [0.1, 0.15) is 0 Å². The second-order valence-corrected chi connectivity index (χ2v) is 7.35. The van der Waals surface area contributed by atoms with Crippen molar-refractivity contribution < 1.29 is 29.0 Å². The van der Waals surface area contributed by atoms with Gasteiger partial charge in [-0.3, -0.25) is 4.79 Å². The molecule has 0 aliphatic carbocycles. The molecule has 0 fully saturated rings. The number of anilines is 1. The first-order valence-corrected chi connectivity index (χ1v) is 9.69. The lowest BCUT2D eigenvalue weighted by Gasteiger charge is -2.07. The summed E-state index contributed by atoms with van der Waals surface area (Å²) in [5, 5.41) is 20.8.